The minimum atomic E-state index is -0.587. The molecule has 1 aliphatic heterocycles. The van der Waals surface area contributed by atoms with Crippen LogP contribution in [0.1, 0.15) is 22.8 Å². The van der Waals surface area contributed by atoms with Crippen molar-refractivity contribution >= 4 is 23.2 Å². The fourth-order valence-corrected chi connectivity index (χ4v) is 4.52. The summed E-state index contributed by atoms with van der Waals surface area (Å²) >= 11 is 0. The van der Waals surface area contributed by atoms with Crippen LogP contribution >= 0.6 is 0 Å². The number of pyridine rings is 1. The fourth-order valence-electron chi connectivity index (χ4n) is 4.52. The number of nitrogens with one attached hydrogen (secondary N) is 1. The van der Waals surface area contributed by atoms with Crippen LogP contribution in [-0.2, 0) is 11.3 Å². The minimum Gasteiger partial charge on any atom is -0.481 e. The summed E-state index contributed by atoms with van der Waals surface area (Å²) in [5.41, 5.74) is 9.92. The van der Waals surface area contributed by atoms with Gasteiger partial charge in [-0.1, -0.05) is 37.3 Å². The smallest absolute Gasteiger partial charge is 0.410 e. The first-order valence-electron chi connectivity index (χ1n) is 12.0. The molecule has 4 heterocycles. The largest absolute Gasteiger partial charge is 0.481 e. The normalized spacial score (nSPS) is 17.1. The van der Waals surface area contributed by atoms with E-state index in [1.807, 2.05) is 48.7 Å². The minimum absolute atomic E-state index is 0.110. The lowest BCUT2D eigenvalue weighted by atomic mass is 10.1. The first kappa shape index (κ1) is 24.1. The summed E-state index contributed by atoms with van der Waals surface area (Å²) in [6, 6.07) is 15.1. The number of fused-ring (bicyclic) bond motifs is 1. The maximum absolute atomic E-state index is 12.7. The van der Waals surface area contributed by atoms with Gasteiger partial charge in [0.15, 0.2) is 0 Å². The van der Waals surface area contributed by atoms with Crippen molar-refractivity contribution in [2.45, 2.75) is 19.6 Å². The van der Waals surface area contributed by atoms with Gasteiger partial charge in [0.05, 0.1) is 30.1 Å². The molecule has 10 heteroatoms. The number of rotatable bonds is 7. The molecular formula is C27H28N6O4. The van der Waals surface area contributed by atoms with Gasteiger partial charge in [-0.3, -0.25) is 4.79 Å². The lowest BCUT2D eigenvalue weighted by Crippen LogP contribution is -2.32. The number of hydrogen-bond acceptors (Lipinski definition) is 7. The Balaban J connectivity index is 1.37. The summed E-state index contributed by atoms with van der Waals surface area (Å²) in [5, 5.41) is 7.86. The molecule has 0 bridgehead atoms. The number of benzene rings is 1. The summed E-state index contributed by atoms with van der Waals surface area (Å²) in [6.07, 6.45) is 4.67. The molecule has 4 aromatic rings. The number of hydrogen-bond donors (Lipinski definition) is 2. The predicted octanol–water partition coefficient (Wildman–Crippen LogP) is 3.57. The summed E-state index contributed by atoms with van der Waals surface area (Å²) in [6.45, 7) is 3.23. The molecule has 3 N–H and O–H groups in total. The van der Waals surface area contributed by atoms with Crippen LogP contribution in [0.25, 0.3) is 16.6 Å². The Morgan fingerprint density at radius 1 is 1.11 bits per heavy atom. The zero-order valence-corrected chi connectivity index (χ0v) is 20.6. The Hall–Kier alpha value is -4.60. The Morgan fingerprint density at radius 3 is 2.62 bits per heavy atom. The third-order valence-corrected chi connectivity index (χ3v) is 6.59. The highest BCUT2D eigenvalue weighted by Gasteiger charge is 2.34. The first-order chi connectivity index (χ1) is 17.9. The highest BCUT2D eigenvalue weighted by molar-refractivity contribution is 6.02. The van der Waals surface area contributed by atoms with Crippen LogP contribution in [0.5, 0.6) is 5.88 Å². The molecule has 1 fully saturated rings. The highest BCUT2D eigenvalue weighted by Crippen LogP contribution is 2.31. The second-order valence-corrected chi connectivity index (χ2v) is 9.12. The number of carbonyl (C=O) groups excluding carboxylic acids is 2. The molecule has 0 saturated carbocycles. The lowest BCUT2D eigenvalue weighted by molar-refractivity contribution is 0.0998. The average molecular weight is 501 g/mol. The van der Waals surface area contributed by atoms with E-state index in [1.54, 1.807) is 28.8 Å². The SMILES string of the molecule is COc1ccc(-c2cc3c(N[C@@H]4CN(C(=O)OCc5ccccc5)C[C@@H]4C)c(C(N)=O)cnn3c2)cn1. The molecular weight excluding hydrogens is 472 g/mol. The number of nitrogens with zero attached hydrogens (tertiary/aromatic N) is 4. The second kappa shape index (κ2) is 10.2. The molecule has 1 saturated heterocycles. The van der Waals surface area contributed by atoms with E-state index in [9.17, 15) is 9.59 Å². The van der Waals surface area contributed by atoms with Crippen molar-refractivity contribution in [3.8, 4) is 17.0 Å². The third-order valence-electron chi connectivity index (χ3n) is 6.59. The van der Waals surface area contributed by atoms with Gasteiger partial charge in [-0.15, -0.1) is 0 Å². The van der Waals surface area contributed by atoms with Gasteiger partial charge in [-0.25, -0.2) is 14.3 Å². The topological polar surface area (TPSA) is 124 Å². The van der Waals surface area contributed by atoms with Gasteiger partial charge in [0.2, 0.25) is 5.88 Å². The van der Waals surface area contributed by atoms with E-state index in [2.05, 4.69) is 22.3 Å². The van der Waals surface area contributed by atoms with Crippen LogP contribution in [0.3, 0.4) is 0 Å². The molecule has 3 aromatic heterocycles. The summed E-state index contributed by atoms with van der Waals surface area (Å²) in [4.78, 5) is 31.0. The Morgan fingerprint density at radius 2 is 1.92 bits per heavy atom. The van der Waals surface area contributed by atoms with Gasteiger partial charge in [-0.2, -0.15) is 5.10 Å². The van der Waals surface area contributed by atoms with Gasteiger partial charge >= 0.3 is 6.09 Å². The van der Waals surface area contributed by atoms with E-state index in [1.165, 1.54) is 6.20 Å². The molecule has 2 atom stereocenters. The highest BCUT2D eigenvalue weighted by atomic mass is 16.6. The van der Waals surface area contributed by atoms with Crippen LogP contribution in [0.2, 0.25) is 0 Å². The summed E-state index contributed by atoms with van der Waals surface area (Å²) in [7, 11) is 1.57. The number of anilines is 1. The van der Waals surface area contributed by atoms with Crippen LogP contribution in [-0.4, -0.2) is 57.7 Å². The van der Waals surface area contributed by atoms with Crippen LogP contribution in [0.15, 0.2) is 67.1 Å². The van der Waals surface area contributed by atoms with E-state index < -0.39 is 5.91 Å². The monoisotopic (exact) mass is 500 g/mol. The quantitative estimate of drug-likeness (QED) is 0.397. The Bertz CT molecular complexity index is 1420. The van der Waals surface area contributed by atoms with E-state index in [-0.39, 0.29) is 30.2 Å². The molecule has 0 unspecified atom stereocenters. The Labute approximate surface area is 214 Å². The van der Waals surface area contributed by atoms with Gasteiger partial charge in [0.25, 0.3) is 5.91 Å². The molecule has 0 spiro atoms. The van der Waals surface area contributed by atoms with Gasteiger partial charge in [-0.05, 0) is 23.6 Å². The van der Waals surface area contributed by atoms with Crippen LogP contribution in [0, 0.1) is 5.92 Å². The number of carbonyl (C=O) groups is 2. The van der Waals surface area contributed by atoms with E-state index in [4.69, 9.17) is 15.2 Å². The number of primary amides is 1. The van der Waals surface area contributed by atoms with E-state index in [0.29, 0.717) is 30.2 Å². The molecule has 10 nitrogen and oxygen atoms in total. The van der Waals surface area contributed by atoms with Crippen molar-refractivity contribution in [3.63, 3.8) is 0 Å². The number of methoxy groups -OCH3 is 1. The van der Waals surface area contributed by atoms with Crippen molar-refractivity contribution in [2.24, 2.45) is 11.7 Å². The molecule has 2 amide bonds. The van der Waals surface area contributed by atoms with Gasteiger partial charge in [0.1, 0.15) is 6.61 Å². The predicted molar refractivity (Wildman–Crippen MR) is 138 cm³/mol. The summed E-state index contributed by atoms with van der Waals surface area (Å²) in [5.74, 6) is 0.0423. The van der Waals surface area contributed by atoms with Gasteiger partial charge in [0, 0.05) is 48.7 Å². The van der Waals surface area contributed by atoms with Crippen molar-refractivity contribution in [2.75, 3.05) is 25.5 Å². The molecule has 1 aliphatic rings. The van der Waals surface area contributed by atoms with E-state index >= 15 is 0 Å². The number of aromatic nitrogens is 3. The summed E-state index contributed by atoms with van der Waals surface area (Å²) < 4.78 is 12.4. The van der Waals surface area contributed by atoms with Crippen molar-refractivity contribution in [1.29, 1.82) is 0 Å². The maximum Gasteiger partial charge on any atom is 0.410 e. The molecule has 190 valence electrons. The molecule has 1 aromatic carbocycles. The standard InChI is InChI=1S/C27H28N6O4/c1-17-13-32(27(35)37-16-18-6-4-3-5-7-18)15-22(17)31-25-21(26(28)34)12-30-33-14-20(10-23(25)33)19-8-9-24(36-2)29-11-19/h3-12,14,17,22,31H,13,15-16H2,1-2H3,(H2,28,34)/t17-,22+/m0/s1. The molecule has 0 aliphatic carbocycles. The number of nitrogens with two attached hydrogens (primary N) is 1. The van der Waals surface area contributed by atoms with E-state index in [0.717, 1.165) is 16.7 Å². The fraction of sp³-hybridized carbons (Fsp3) is 0.259. The number of amides is 2. The number of ether oxygens (including phenoxy) is 2. The van der Waals surface area contributed by atoms with Crippen molar-refractivity contribution in [1.82, 2.24) is 19.5 Å². The van der Waals surface area contributed by atoms with Crippen LogP contribution < -0.4 is 15.8 Å². The zero-order chi connectivity index (χ0) is 25.9. The first-order valence-corrected chi connectivity index (χ1v) is 12.0. The van der Waals surface area contributed by atoms with Crippen LogP contribution in [0.4, 0.5) is 10.5 Å². The maximum atomic E-state index is 12.7. The van der Waals surface area contributed by atoms with Gasteiger partial charge < -0.3 is 25.4 Å². The zero-order valence-electron chi connectivity index (χ0n) is 20.6. The number of likely N-dealkylation sites (tertiary alicyclic amines) is 1. The second-order valence-electron chi connectivity index (χ2n) is 9.12. The Kier molecular flexibility index (Phi) is 6.63. The average Bonchev–Trinajstić information content (AvgIpc) is 3.52. The molecule has 0 radical (unpaired) electrons. The molecule has 5 rings (SSSR count). The van der Waals surface area contributed by atoms with Crippen molar-refractivity contribution in [3.05, 3.63) is 78.2 Å². The molecule has 37 heavy (non-hydrogen) atoms. The van der Waals surface area contributed by atoms with Crippen molar-refractivity contribution < 1.29 is 19.1 Å². The lowest BCUT2D eigenvalue weighted by Gasteiger charge is -2.20. The third kappa shape index (κ3) is 5.04.